The lowest BCUT2D eigenvalue weighted by Gasteiger charge is -2.30. The molecule has 0 saturated carbocycles. The molecule has 0 bridgehead atoms. The lowest BCUT2D eigenvalue weighted by Crippen LogP contribution is -2.61. The number of hydrogen-bond donors (Lipinski definition) is 20. The van der Waals surface area contributed by atoms with Crippen LogP contribution in [0.15, 0.2) is 115 Å². The minimum Gasteiger partial charge on any atom is -0.370 e. The first-order valence-corrected chi connectivity index (χ1v) is 48.4. The van der Waals surface area contributed by atoms with Crippen LogP contribution in [0, 0.1) is 11.3 Å². The van der Waals surface area contributed by atoms with E-state index in [-0.39, 0.29) is 151 Å². The maximum Gasteiger partial charge on any atom is 0.315 e. The highest BCUT2D eigenvalue weighted by molar-refractivity contribution is 7.92. The highest BCUT2D eigenvalue weighted by Gasteiger charge is 2.51. The Morgan fingerprint density at radius 3 is 1.49 bits per heavy atom. The van der Waals surface area contributed by atoms with Gasteiger partial charge < -0.3 is 108 Å². The van der Waals surface area contributed by atoms with Crippen LogP contribution in [0.25, 0.3) is 0 Å². The molecule has 13 atom stereocenters. The maximum atomic E-state index is 15.3. The molecule has 7 rings (SSSR count). The highest BCUT2D eigenvalue weighted by Crippen LogP contribution is 2.29. The van der Waals surface area contributed by atoms with Gasteiger partial charge in [-0.2, -0.15) is 0 Å². The number of nitrogens with two attached hydrogens (primary N) is 5. The third-order valence-electron chi connectivity index (χ3n) is 22.7. The molecule has 42 nitrogen and oxygen atoms in total. The van der Waals surface area contributed by atoms with E-state index in [0.717, 1.165) is 6.26 Å². The number of carbonyl (C=O) groups is 17. The zero-order valence-corrected chi connectivity index (χ0v) is 76.6. The van der Waals surface area contributed by atoms with E-state index in [0.29, 0.717) is 54.4 Å². The fraction of sp³-hybridized carbons (Fsp3) is 0.528. The van der Waals surface area contributed by atoms with Gasteiger partial charge in [0.1, 0.15) is 70.3 Å². The van der Waals surface area contributed by atoms with Crippen LogP contribution in [0.1, 0.15) is 175 Å². The number of guanidine groups is 1. The third kappa shape index (κ3) is 36.9. The van der Waals surface area contributed by atoms with E-state index in [9.17, 15) is 84.0 Å². The summed E-state index contributed by atoms with van der Waals surface area (Å²) in [5, 5.41) is 43.8. The van der Waals surface area contributed by atoms with Crippen molar-refractivity contribution >= 4 is 126 Å². The SMILES string of the molecule is CC(C)C[C@H](NC(=O)CNC(=O)[C@H](Cc1ccccc1)NC(=O)[C@H](Cc1ccccc1)NC(=O)[C@H](CCC(N)=O)NC(=O)[C@H](CCC(N)=O)NC(=O)[C@H](Cc1ccc(C(=O)c2ccccc2)cc1)NC(=O)[C@H](CCCCN)NC(=O)[C@@H]1CCCN1C(=O)[C@H](CCCNC(=N)N)NC(=O)CCCCNC(=O)CCCC[C@H]1[C@H]2NC(=O)N[C@H]2CS1(=O)=O)C(=O)N[C@@H](CCS(C)(=O)=O)C(N)=O. The van der Waals surface area contributed by atoms with E-state index in [1.165, 1.54) is 29.2 Å². The zero-order valence-electron chi connectivity index (χ0n) is 75.0. The number of sulfone groups is 2. The fourth-order valence-corrected chi connectivity index (χ4v) is 18.6. The van der Waals surface area contributed by atoms with E-state index in [1.54, 1.807) is 105 Å². The van der Waals surface area contributed by atoms with Crippen molar-refractivity contribution in [2.24, 2.45) is 34.6 Å². The number of nitrogens with one attached hydrogen (secondary N) is 15. The van der Waals surface area contributed by atoms with Crippen molar-refractivity contribution in [3.05, 3.63) is 143 Å². The van der Waals surface area contributed by atoms with Crippen molar-refractivity contribution in [1.29, 1.82) is 5.41 Å². The lowest BCUT2D eigenvalue weighted by atomic mass is 9.98. The van der Waals surface area contributed by atoms with E-state index in [4.69, 9.17) is 34.1 Å². The molecule has 0 aromatic heterocycles. The summed E-state index contributed by atoms with van der Waals surface area (Å²) in [4.78, 5) is 237. The number of hydrogen-bond acceptors (Lipinski definition) is 23. The van der Waals surface area contributed by atoms with Crippen LogP contribution < -0.4 is 103 Å². The van der Waals surface area contributed by atoms with Gasteiger partial charge in [0.15, 0.2) is 21.6 Å². The molecule has 3 saturated heterocycles. The van der Waals surface area contributed by atoms with Gasteiger partial charge in [0, 0.05) is 82.0 Å². The predicted molar refractivity (Wildman–Crippen MR) is 489 cm³/mol. The first-order chi connectivity index (χ1) is 63.2. The first kappa shape index (κ1) is 107. The molecule has 3 aliphatic heterocycles. The summed E-state index contributed by atoms with van der Waals surface area (Å²) in [6, 6.07) is 14.3. The molecular weight excluding hydrogens is 1760 g/mol. The summed E-state index contributed by atoms with van der Waals surface area (Å²) in [5.41, 5.74) is 30.2. The van der Waals surface area contributed by atoms with Crippen LogP contribution in [0.4, 0.5) is 4.79 Å². The molecule has 3 aliphatic rings. The molecule has 17 amide bonds. The Balaban J connectivity index is 1.09. The van der Waals surface area contributed by atoms with Gasteiger partial charge in [-0.05, 0) is 125 Å². The van der Waals surface area contributed by atoms with Gasteiger partial charge in [-0.3, -0.25) is 82.1 Å². The molecule has 0 unspecified atom stereocenters. The maximum absolute atomic E-state index is 15.3. The van der Waals surface area contributed by atoms with Crippen LogP contribution in [-0.4, -0.2) is 256 Å². The fourth-order valence-electron chi connectivity index (χ4n) is 15.7. The quantitative estimate of drug-likeness (QED) is 0.00689. The van der Waals surface area contributed by atoms with Crippen LogP contribution in [0.3, 0.4) is 0 Å². The number of carbonyl (C=O) groups excluding carboxylic acids is 17. The first-order valence-electron chi connectivity index (χ1n) is 44.6. The van der Waals surface area contributed by atoms with E-state index >= 15 is 14.4 Å². The summed E-state index contributed by atoms with van der Waals surface area (Å²) in [7, 11) is -7.03. The molecule has 0 spiro atoms. The second-order valence-corrected chi connectivity index (χ2v) is 38.5. The lowest BCUT2D eigenvalue weighted by molar-refractivity contribution is -0.142. The molecular formula is C89H127N21O21S2. The van der Waals surface area contributed by atoms with Crippen LogP contribution in [0.5, 0.6) is 0 Å². The summed E-state index contributed by atoms with van der Waals surface area (Å²) < 4.78 is 49.3. The number of fused-ring (bicyclic) bond motifs is 1. The average molecular weight is 1890 g/mol. The second-order valence-electron chi connectivity index (χ2n) is 34.0. The monoisotopic (exact) mass is 1890 g/mol. The van der Waals surface area contributed by atoms with Gasteiger partial charge in [0.05, 0.1) is 35.4 Å². The Bertz CT molecular complexity index is 4960. The van der Waals surface area contributed by atoms with Gasteiger partial charge >= 0.3 is 6.03 Å². The van der Waals surface area contributed by atoms with Crippen LogP contribution in [-0.2, 0) is 111 Å². The molecule has 4 aromatic carbocycles. The van der Waals surface area contributed by atoms with E-state index < -0.39 is 224 Å². The standard InChI is InChI=1S/C89H127N21O21S2/c1-53(2)47-64(83(122)101-59(78(93)117)41-46-132(3,128)129)100-75(115)51-98-79(118)65(48-54-21-7-4-8-22-54)105-85(124)66(49-55-23-9-5-10-24-55)107-82(121)62(38-40-72(92)112)102-81(120)61(37-39-71(91)111)103-84(123)67(50-56-33-35-58(36-34-56)77(116)57-25-11-6-12-26-57)106-80(119)60(27-15-17-42-90)104-86(125)69-29-20-45-110(69)87(126)63(28-19-44-97-88(94)95)99-74(114)32-16-18-43-96-73(113)31-14-13-30-70-76-68(52-133(70,130)131)108-89(127)109-76/h4-12,21-26,33-36,53,59-70,76H,13-20,27-32,37-52,90H2,1-3H3,(H2,91,111)(H2,92,112)(H2,93,117)(H,96,113)(H,98,118)(H,99,114)(H,100,115)(H,101,122)(H,102,120)(H,103,123)(H,104,125)(H,105,124)(H,106,119)(H,107,121)(H4,94,95,97)(H2,108,109,127)/t59-,60-,61-,62-,63-,64-,65-,66-,67-,68-,69-,70-,76-/m0/s1. The Kier molecular flexibility index (Phi) is 43.0. The molecule has 133 heavy (non-hydrogen) atoms. The van der Waals surface area contributed by atoms with Crippen LogP contribution in [0.2, 0.25) is 0 Å². The Labute approximate surface area is 772 Å². The third-order valence-corrected chi connectivity index (χ3v) is 25.9. The summed E-state index contributed by atoms with van der Waals surface area (Å²) in [6.07, 6.45) is 0.327. The Morgan fingerprint density at radius 1 is 0.481 bits per heavy atom. The van der Waals surface area contributed by atoms with Gasteiger partial charge in [-0.1, -0.05) is 136 Å². The van der Waals surface area contributed by atoms with Gasteiger partial charge in [0.2, 0.25) is 88.6 Å². The highest BCUT2D eigenvalue weighted by atomic mass is 32.2. The number of benzene rings is 4. The number of primary amides is 3. The number of amides is 17. The molecule has 0 radical (unpaired) electrons. The predicted octanol–water partition coefficient (Wildman–Crippen LogP) is -3.00. The molecule has 25 N–H and O–H groups in total. The molecule has 4 aromatic rings. The number of urea groups is 1. The largest absolute Gasteiger partial charge is 0.370 e. The molecule has 726 valence electrons. The minimum atomic E-state index is -3.59. The normalized spacial score (nSPS) is 17.4. The minimum absolute atomic E-state index is 0.0131. The molecule has 3 fully saturated rings. The summed E-state index contributed by atoms with van der Waals surface area (Å²) in [5.74, 6) is -14.8. The summed E-state index contributed by atoms with van der Waals surface area (Å²) >= 11 is 0. The topological polar surface area (TPSA) is 684 Å². The molecule has 3 heterocycles. The number of rotatable bonds is 58. The summed E-state index contributed by atoms with van der Waals surface area (Å²) in [6.45, 7) is 3.23. The Hall–Kier alpha value is -13.0. The van der Waals surface area contributed by atoms with Crippen molar-refractivity contribution in [2.45, 2.75) is 239 Å². The number of ketones is 1. The molecule has 44 heteroatoms. The number of likely N-dealkylation sites (tertiary alicyclic amines) is 1. The van der Waals surface area contributed by atoms with Crippen molar-refractivity contribution in [1.82, 2.24) is 79.3 Å². The van der Waals surface area contributed by atoms with Crippen molar-refractivity contribution < 1.29 is 98.3 Å². The Morgan fingerprint density at radius 2 is 0.955 bits per heavy atom. The second kappa shape index (κ2) is 53.5. The van der Waals surface area contributed by atoms with Crippen LogP contribution >= 0.6 is 0 Å². The van der Waals surface area contributed by atoms with Gasteiger partial charge in [-0.15, -0.1) is 0 Å². The molecule has 0 aliphatic carbocycles. The van der Waals surface area contributed by atoms with Crippen molar-refractivity contribution in [3.8, 4) is 0 Å². The average Bonchev–Trinajstić information content (AvgIpc) is 1.61. The number of nitrogens with zero attached hydrogens (tertiary/aromatic N) is 1. The van der Waals surface area contributed by atoms with Crippen molar-refractivity contribution in [3.63, 3.8) is 0 Å². The van der Waals surface area contributed by atoms with Gasteiger partial charge in [-0.25, -0.2) is 21.6 Å². The smallest absolute Gasteiger partial charge is 0.315 e. The zero-order chi connectivity index (χ0) is 97.5. The van der Waals surface area contributed by atoms with Gasteiger partial charge in [0.25, 0.3) is 0 Å². The van der Waals surface area contributed by atoms with E-state index in [2.05, 4.69) is 74.4 Å². The van der Waals surface area contributed by atoms with Crippen molar-refractivity contribution in [2.75, 3.05) is 50.5 Å². The van der Waals surface area contributed by atoms with E-state index in [1.807, 2.05) is 0 Å². The number of unbranched alkanes of at least 4 members (excludes halogenated alkanes) is 3.